The maximum atomic E-state index is 13.2. The topological polar surface area (TPSA) is 87.2 Å². The molecule has 1 amide bonds. The van der Waals surface area contributed by atoms with E-state index in [2.05, 4.69) is 5.10 Å². The highest BCUT2D eigenvalue weighted by Crippen LogP contribution is 2.24. The van der Waals surface area contributed by atoms with E-state index in [1.54, 1.807) is 0 Å². The van der Waals surface area contributed by atoms with Crippen LogP contribution in [-0.4, -0.2) is 28.3 Å². The summed E-state index contributed by atoms with van der Waals surface area (Å²) in [5.41, 5.74) is 6.75. The van der Waals surface area contributed by atoms with Crippen LogP contribution in [0.1, 0.15) is 10.4 Å². The van der Waals surface area contributed by atoms with Gasteiger partial charge in [-0.3, -0.25) is 4.79 Å². The van der Waals surface area contributed by atoms with Crippen LogP contribution in [-0.2, 0) is 9.53 Å². The first-order valence-electron chi connectivity index (χ1n) is 7.41. The number of halogens is 1. The van der Waals surface area contributed by atoms with E-state index in [0.29, 0.717) is 11.3 Å². The Morgan fingerprint density at radius 2 is 1.76 bits per heavy atom. The van der Waals surface area contributed by atoms with Crippen molar-refractivity contribution in [2.75, 3.05) is 6.61 Å². The Labute approximate surface area is 142 Å². The minimum absolute atomic E-state index is 0.150. The fourth-order valence-corrected chi connectivity index (χ4v) is 2.27. The van der Waals surface area contributed by atoms with Gasteiger partial charge < -0.3 is 10.5 Å². The third-order valence-corrected chi connectivity index (χ3v) is 3.42. The predicted octanol–water partition coefficient (Wildman–Crippen LogP) is 2.32. The largest absolute Gasteiger partial charge is 0.452 e. The number of amides is 1. The summed E-state index contributed by atoms with van der Waals surface area (Å²) < 4.78 is 19.6. The molecule has 1 heterocycles. The summed E-state index contributed by atoms with van der Waals surface area (Å²) in [6.07, 6.45) is 1.50. The van der Waals surface area contributed by atoms with Gasteiger partial charge in [0.05, 0.1) is 5.69 Å². The quantitative estimate of drug-likeness (QED) is 0.723. The number of carbonyl (C=O) groups excluding carboxylic acids is 2. The normalized spacial score (nSPS) is 10.4. The fourth-order valence-electron chi connectivity index (χ4n) is 2.27. The molecule has 0 saturated carbocycles. The van der Waals surface area contributed by atoms with Gasteiger partial charge >= 0.3 is 5.97 Å². The van der Waals surface area contributed by atoms with Crippen LogP contribution in [0.5, 0.6) is 0 Å². The number of nitrogens with zero attached hydrogens (tertiary/aromatic N) is 2. The Bertz CT molecular complexity index is 905. The molecule has 0 aliphatic carbocycles. The van der Waals surface area contributed by atoms with E-state index in [0.717, 1.165) is 5.69 Å². The number of hydrogen-bond acceptors (Lipinski definition) is 4. The van der Waals surface area contributed by atoms with Crippen LogP contribution in [0.15, 0.2) is 60.8 Å². The van der Waals surface area contributed by atoms with Gasteiger partial charge in [-0.25, -0.2) is 13.9 Å². The lowest BCUT2D eigenvalue weighted by atomic mass is 10.1. The zero-order valence-corrected chi connectivity index (χ0v) is 13.1. The number of aromatic nitrogens is 2. The van der Waals surface area contributed by atoms with Crippen molar-refractivity contribution in [3.8, 4) is 16.9 Å². The molecule has 0 unspecified atom stereocenters. The Kier molecular flexibility index (Phi) is 4.56. The predicted molar refractivity (Wildman–Crippen MR) is 88.4 cm³/mol. The van der Waals surface area contributed by atoms with E-state index in [1.807, 2.05) is 30.3 Å². The Balaban J connectivity index is 2.04. The van der Waals surface area contributed by atoms with Gasteiger partial charge in [-0.05, 0) is 36.4 Å². The van der Waals surface area contributed by atoms with Crippen molar-refractivity contribution in [2.45, 2.75) is 0 Å². The van der Waals surface area contributed by atoms with Gasteiger partial charge in [0, 0.05) is 11.8 Å². The first kappa shape index (κ1) is 16.4. The number of rotatable bonds is 5. The molecule has 2 N–H and O–H groups in total. The summed E-state index contributed by atoms with van der Waals surface area (Å²) in [5.74, 6) is -1.89. The van der Waals surface area contributed by atoms with Crippen molar-refractivity contribution in [3.05, 3.63) is 72.2 Å². The van der Waals surface area contributed by atoms with E-state index in [4.69, 9.17) is 10.5 Å². The average molecular weight is 339 g/mol. The number of benzene rings is 2. The van der Waals surface area contributed by atoms with Crippen molar-refractivity contribution in [1.29, 1.82) is 0 Å². The van der Waals surface area contributed by atoms with E-state index in [-0.39, 0.29) is 5.56 Å². The van der Waals surface area contributed by atoms with Crippen LogP contribution in [0.25, 0.3) is 16.9 Å². The summed E-state index contributed by atoms with van der Waals surface area (Å²) >= 11 is 0. The van der Waals surface area contributed by atoms with Crippen LogP contribution >= 0.6 is 0 Å². The van der Waals surface area contributed by atoms with E-state index >= 15 is 0 Å². The molecular weight excluding hydrogens is 325 g/mol. The molecule has 1 aromatic heterocycles. The van der Waals surface area contributed by atoms with Gasteiger partial charge in [0.1, 0.15) is 17.1 Å². The Hall–Kier alpha value is -3.48. The van der Waals surface area contributed by atoms with Gasteiger partial charge in [-0.1, -0.05) is 18.2 Å². The zero-order chi connectivity index (χ0) is 17.8. The lowest BCUT2D eigenvalue weighted by Crippen LogP contribution is -2.21. The lowest BCUT2D eigenvalue weighted by molar-refractivity contribution is -0.121. The van der Waals surface area contributed by atoms with E-state index in [9.17, 15) is 14.0 Å². The summed E-state index contributed by atoms with van der Waals surface area (Å²) in [4.78, 5) is 23.1. The van der Waals surface area contributed by atoms with Crippen molar-refractivity contribution >= 4 is 11.9 Å². The molecule has 3 rings (SSSR count). The molecule has 0 saturated heterocycles. The second kappa shape index (κ2) is 6.96. The number of nitrogens with two attached hydrogens (primary N) is 1. The van der Waals surface area contributed by atoms with Crippen molar-refractivity contribution in [1.82, 2.24) is 9.78 Å². The molecule has 3 aromatic rings. The highest BCUT2D eigenvalue weighted by molar-refractivity contribution is 5.97. The fraction of sp³-hybridized carbons (Fsp3) is 0.0556. The summed E-state index contributed by atoms with van der Waals surface area (Å²) in [5, 5.41) is 4.41. The standard InChI is InChI=1S/C18H14FN3O3/c19-13-8-6-12(7-9-13)17-15(18(24)25-11-16(20)23)10-22(21-17)14-4-2-1-3-5-14/h1-10H,11H2,(H2,20,23). The van der Waals surface area contributed by atoms with Gasteiger partial charge in [-0.2, -0.15) is 5.10 Å². The molecule has 126 valence electrons. The molecule has 0 aliphatic rings. The van der Waals surface area contributed by atoms with Crippen molar-refractivity contribution < 1.29 is 18.7 Å². The smallest absolute Gasteiger partial charge is 0.342 e. The number of carbonyl (C=O) groups is 2. The SMILES string of the molecule is NC(=O)COC(=O)c1cn(-c2ccccc2)nc1-c1ccc(F)cc1. The first-order valence-corrected chi connectivity index (χ1v) is 7.41. The first-order chi connectivity index (χ1) is 12.0. The highest BCUT2D eigenvalue weighted by atomic mass is 19.1. The second-order valence-electron chi connectivity index (χ2n) is 5.22. The number of hydrogen-bond donors (Lipinski definition) is 1. The molecule has 0 bridgehead atoms. The second-order valence-corrected chi connectivity index (χ2v) is 5.22. The van der Waals surface area contributed by atoms with Crippen molar-refractivity contribution in [3.63, 3.8) is 0 Å². The highest BCUT2D eigenvalue weighted by Gasteiger charge is 2.20. The van der Waals surface area contributed by atoms with Gasteiger partial charge in [0.25, 0.3) is 5.91 Å². The number of primary amides is 1. The molecule has 2 aromatic carbocycles. The zero-order valence-electron chi connectivity index (χ0n) is 13.1. The molecule has 7 heteroatoms. The summed E-state index contributed by atoms with van der Waals surface area (Å²) in [6.45, 7) is -0.530. The Morgan fingerprint density at radius 1 is 1.08 bits per heavy atom. The molecular formula is C18H14FN3O3. The number of para-hydroxylation sites is 1. The van der Waals surface area contributed by atoms with Crippen LogP contribution < -0.4 is 5.73 Å². The molecule has 25 heavy (non-hydrogen) atoms. The van der Waals surface area contributed by atoms with Gasteiger partial charge in [0.15, 0.2) is 6.61 Å². The van der Waals surface area contributed by atoms with E-state index in [1.165, 1.54) is 35.1 Å². The molecule has 6 nitrogen and oxygen atoms in total. The molecule has 0 aliphatic heterocycles. The maximum absolute atomic E-state index is 13.2. The van der Waals surface area contributed by atoms with Gasteiger partial charge in [-0.15, -0.1) is 0 Å². The third-order valence-electron chi connectivity index (χ3n) is 3.42. The summed E-state index contributed by atoms with van der Waals surface area (Å²) in [7, 11) is 0. The number of esters is 1. The molecule has 0 atom stereocenters. The minimum atomic E-state index is -0.757. The van der Waals surface area contributed by atoms with Crippen LogP contribution in [0.4, 0.5) is 4.39 Å². The van der Waals surface area contributed by atoms with Crippen LogP contribution in [0, 0.1) is 5.82 Å². The number of ether oxygens (including phenoxy) is 1. The van der Waals surface area contributed by atoms with Crippen LogP contribution in [0.3, 0.4) is 0 Å². The maximum Gasteiger partial charge on any atom is 0.342 e. The monoisotopic (exact) mass is 339 g/mol. The van der Waals surface area contributed by atoms with Gasteiger partial charge in [0.2, 0.25) is 0 Å². The lowest BCUT2D eigenvalue weighted by Gasteiger charge is -2.03. The summed E-state index contributed by atoms with van der Waals surface area (Å²) in [6, 6.07) is 14.7. The molecule has 0 radical (unpaired) electrons. The minimum Gasteiger partial charge on any atom is -0.452 e. The third kappa shape index (κ3) is 3.72. The van der Waals surface area contributed by atoms with Crippen molar-refractivity contribution in [2.24, 2.45) is 5.73 Å². The van der Waals surface area contributed by atoms with E-state index < -0.39 is 24.3 Å². The Morgan fingerprint density at radius 3 is 2.40 bits per heavy atom. The average Bonchev–Trinajstić information content (AvgIpc) is 3.06. The molecule has 0 fully saturated rings. The van der Waals surface area contributed by atoms with Crippen LogP contribution in [0.2, 0.25) is 0 Å². The molecule has 0 spiro atoms.